The fraction of sp³-hybridized carbons (Fsp3) is 0.625. The van der Waals surface area contributed by atoms with E-state index in [4.69, 9.17) is 0 Å². The number of piperidine rings is 1. The maximum atomic E-state index is 13.5. The monoisotopic (exact) mass is 262 g/mol. The molecule has 19 heavy (non-hydrogen) atoms. The number of hydrogen-bond donors (Lipinski definition) is 1. The normalized spacial score (nSPS) is 23.8. The Morgan fingerprint density at radius 1 is 1.16 bits per heavy atom. The van der Waals surface area contributed by atoms with Crippen LogP contribution < -0.4 is 10.2 Å². The molecule has 2 aliphatic rings. The van der Waals surface area contributed by atoms with Gasteiger partial charge in [0.15, 0.2) is 0 Å². The lowest BCUT2D eigenvalue weighted by molar-refractivity contribution is 0.565. The number of nitrogens with one attached hydrogen (secondary N) is 1. The third-order valence-electron chi connectivity index (χ3n) is 4.37. The Balaban J connectivity index is 1.80. The zero-order chi connectivity index (χ0) is 13.1. The highest BCUT2D eigenvalue weighted by Crippen LogP contribution is 2.27. The second-order valence-electron chi connectivity index (χ2n) is 5.82. The molecule has 3 rings (SSSR count). The number of halogens is 1. The van der Waals surface area contributed by atoms with Gasteiger partial charge in [0.25, 0.3) is 0 Å². The van der Waals surface area contributed by atoms with Crippen molar-refractivity contribution in [3.63, 3.8) is 0 Å². The van der Waals surface area contributed by atoms with E-state index < -0.39 is 0 Å². The first kappa shape index (κ1) is 12.9. The second kappa shape index (κ2) is 5.91. The Kier molecular flexibility index (Phi) is 4.02. The summed E-state index contributed by atoms with van der Waals surface area (Å²) in [6.07, 6.45) is 7.28. The lowest BCUT2D eigenvalue weighted by Crippen LogP contribution is -2.31. The molecule has 0 aromatic heterocycles. The van der Waals surface area contributed by atoms with Gasteiger partial charge >= 0.3 is 0 Å². The third kappa shape index (κ3) is 3.08. The van der Waals surface area contributed by atoms with E-state index in [0.29, 0.717) is 6.04 Å². The minimum atomic E-state index is -0.103. The highest BCUT2D eigenvalue weighted by molar-refractivity contribution is 5.54. The molecule has 0 saturated carbocycles. The predicted octanol–water partition coefficient (Wildman–Crippen LogP) is 3.11. The van der Waals surface area contributed by atoms with Crippen molar-refractivity contribution < 1.29 is 4.39 Å². The molecular weight excluding hydrogens is 239 g/mol. The Morgan fingerprint density at radius 3 is 2.74 bits per heavy atom. The molecular formula is C16H23FN2. The molecule has 3 heteroatoms. The van der Waals surface area contributed by atoms with Crippen LogP contribution in [0.4, 0.5) is 10.1 Å². The lowest BCUT2D eigenvalue weighted by atomic mass is 10.0. The molecule has 2 aliphatic heterocycles. The summed E-state index contributed by atoms with van der Waals surface area (Å²) in [6, 6.07) is 5.86. The van der Waals surface area contributed by atoms with Crippen molar-refractivity contribution in [1.82, 2.24) is 5.32 Å². The molecule has 2 saturated heterocycles. The quantitative estimate of drug-likeness (QED) is 0.900. The molecule has 0 amide bonds. The summed E-state index contributed by atoms with van der Waals surface area (Å²) in [5.41, 5.74) is 2.44. The second-order valence-corrected chi connectivity index (χ2v) is 5.82. The van der Waals surface area contributed by atoms with Gasteiger partial charge in [-0.05, 0) is 68.8 Å². The van der Waals surface area contributed by atoms with Crippen molar-refractivity contribution >= 4 is 5.69 Å². The summed E-state index contributed by atoms with van der Waals surface area (Å²) in [5.74, 6) is -0.103. The average Bonchev–Trinajstić information content (AvgIpc) is 2.93. The number of rotatable bonds is 3. The zero-order valence-corrected chi connectivity index (χ0v) is 11.5. The van der Waals surface area contributed by atoms with Gasteiger partial charge in [-0.15, -0.1) is 0 Å². The smallest absolute Gasteiger partial charge is 0.123 e. The highest BCUT2D eigenvalue weighted by Gasteiger charge is 2.19. The van der Waals surface area contributed by atoms with Crippen LogP contribution in [0.3, 0.4) is 0 Å². The lowest BCUT2D eigenvalue weighted by Gasteiger charge is -2.31. The first-order valence-electron chi connectivity index (χ1n) is 7.60. The molecule has 2 nitrogen and oxygen atoms in total. The van der Waals surface area contributed by atoms with Crippen LogP contribution in [0.5, 0.6) is 0 Å². The van der Waals surface area contributed by atoms with Crippen molar-refractivity contribution in [2.45, 2.75) is 44.6 Å². The van der Waals surface area contributed by atoms with Crippen LogP contribution in [0.25, 0.3) is 0 Å². The molecule has 1 aromatic rings. The Labute approximate surface area is 115 Å². The highest BCUT2D eigenvalue weighted by atomic mass is 19.1. The standard InChI is InChI=1S/C16H23FN2/c17-14-6-7-16(19-9-2-1-3-10-19)13(11-14)12-15-5-4-8-18-15/h6-7,11,15,18H,1-5,8-10,12H2. The van der Waals surface area contributed by atoms with Crippen LogP contribution in [-0.4, -0.2) is 25.7 Å². The maximum absolute atomic E-state index is 13.5. The Hall–Kier alpha value is -1.09. The molecule has 2 heterocycles. The average molecular weight is 262 g/mol. The molecule has 1 unspecified atom stereocenters. The van der Waals surface area contributed by atoms with Crippen LogP contribution >= 0.6 is 0 Å². The number of nitrogens with zero attached hydrogens (tertiary/aromatic N) is 1. The van der Waals surface area contributed by atoms with Crippen molar-refractivity contribution in [2.24, 2.45) is 0 Å². The van der Waals surface area contributed by atoms with Gasteiger partial charge in [-0.2, -0.15) is 0 Å². The Bertz CT molecular complexity index is 421. The van der Waals surface area contributed by atoms with Gasteiger partial charge in [-0.25, -0.2) is 4.39 Å². The largest absolute Gasteiger partial charge is 0.371 e. The molecule has 0 radical (unpaired) electrons. The number of anilines is 1. The minimum Gasteiger partial charge on any atom is -0.371 e. The summed E-state index contributed by atoms with van der Waals surface area (Å²) in [6.45, 7) is 3.35. The SMILES string of the molecule is Fc1ccc(N2CCCCC2)c(CC2CCCN2)c1. The van der Waals surface area contributed by atoms with E-state index in [1.165, 1.54) is 43.4 Å². The summed E-state index contributed by atoms with van der Waals surface area (Å²) in [5, 5.41) is 3.51. The van der Waals surface area contributed by atoms with Crippen LogP contribution in [0.2, 0.25) is 0 Å². The molecule has 2 fully saturated rings. The van der Waals surface area contributed by atoms with Gasteiger partial charge in [0, 0.05) is 24.8 Å². The van der Waals surface area contributed by atoms with Gasteiger partial charge in [-0.3, -0.25) is 0 Å². The predicted molar refractivity (Wildman–Crippen MR) is 77.2 cm³/mol. The number of benzene rings is 1. The van der Waals surface area contributed by atoms with Gasteiger partial charge < -0.3 is 10.2 Å². The molecule has 0 spiro atoms. The zero-order valence-electron chi connectivity index (χ0n) is 11.5. The fourth-order valence-electron chi connectivity index (χ4n) is 3.36. The maximum Gasteiger partial charge on any atom is 0.123 e. The molecule has 0 aliphatic carbocycles. The van der Waals surface area contributed by atoms with E-state index in [1.54, 1.807) is 12.1 Å². The van der Waals surface area contributed by atoms with E-state index in [9.17, 15) is 4.39 Å². The van der Waals surface area contributed by atoms with Crippen LogP contribution in [0, 0.1) is 5.82 Å². The Morgan fingerprint density at radius 2 is 2.00 bits per heavy atom. The van der Waals surface area contributed by atoms with Gasteiger partial charge in [0.2, 0.25) is 0 Å². The van der Waals surface area contributed by atoms with Crippen LogP contribution in [0.15, 0.2) is 18.2 Å². The van der Waals surface area contributed by atoms with Crippen molar-refractivity contribution in [3.8, 4) is 0 Å². The molecule has 1 N–H and O–H groups in total. The van der Waals surface area contributed by atoms with Crippen molar-refractivity contribution in [1.29, 1.82) is 0 Å². The van der Waals surface area contributed by atoms with Crippen molar-refractivity contribution in [3.05, 3.63) is 29.6 Å². The third-order valence-corrected chi connectivity index (χ3v) is 4.37. The van der Waals surface area contributed by atoms with E-state index in [1.807, 2.05) is 6.07 Å². The molecule has 104 valence electrons. The van der Waals surface area contributed by atoms with Gasteiger partial charge in [0.1, 0.15) is 5.82 Å². The molecule has 0 bridgehead atoms. The van der Waals surface area contributed by atoms with Crippen molar-refractivity contribution in [2.75, 3.05) is 24.5 Å². The summed E-state index contributed by atoms with van der Waals surface area (Å²) in [7, 11) is 0. The van der Waals surface area contributed by atoms with Gasteiger partial charge in [0.05, 0.1) is 0 Å². The van der Waals surface area contributed by atoms with Crippen LogP contribution in [0.1, 0.15) is 37.7 Å². The summed E-state index contributed by atoms with van der Waals surface area (Å²) < 4.78 is 13.5. The first-order valence-corrected chi connectivity index (χ1v) is 7.60. The fourth-order valence-corrected chi connectivity index (χ4v) is 3.36. The minimum absolute atomic E-state index is 0.103. The van der Waals surface area contributed by atoms with Gasteiger partial charge in [-0.1, -0.05) is 0 Å². The summed E-state index contributed by atoms with van der Waals surface area (Å²) >= 11 is 0. The van der Waals surface area contributed by atoms with E-state index in [0.717, 1.165) is 26.1 Å². The van der Waals surface area contributed by atoms with Crippen LogP contribution in [-0.2, 0) is 6.42 Å². The molecule has 1 atom stereocenters. The van der Waals surface area contributed by atoms with E-state index in [2.05, 4.69) is 10.2 Å². The molecule has 1 aromatic carbocycles. The van der Waals surface area contributed by atoms with E-state index >= 15 is 0 Å². The first-order chi connectivity index (χ1) is 9.33. The topological polar surface area (TPSA) is 15.3 Å². The number of hydrogen-bond acceptors (Lipinski definition) is 2. The van der Waals surface area contributed by atoms with E-state index in [-0.39, 0.29) is 5.82 Å². The summed E-state index contributed by atoms with van der Waals surface area (Å²) in [4.78, 5) is 2.44.